The Bertz CT molecular complexity index is 340. The van der Waals surface area contributed by atoms with Gasteiger partial charge in [0.05, 0.1) is 6.10 Å². The van der Waals surface area contributed by atoms with Crippen LogP contribution in [0.3, 0.4) is 0 Å². The third-order valence-corrected chi connectivity index (χ3v) is 3.38. The molecule has 1 heterocycles. The molecule has 3 nitrogen and oxygen atoms in total. The first-order chi connectivity index (χ1) is 7.75. The summed E-state index contributed by atoms with van der Waals surface area (Å²) >= 11 is 0. The Kier molecular flexibility index (Phi) is 3.91. The van der Waals surface area contributed by atoms with E-state index >= 15 is 0 Å². The quantitative estimate of drug-likeness (QED) is 0.816. The van der Waals surface area contributed by atoms with Gasteiger partial charge < -0.3 is 10.4 Å². The van der Waals surface area contributed by atoms with Crippen LogP contribution in [0.1, 0.15) is 36.8 Å². The van der Waals surface area contributed by atoms with E-state index in [1.54, 1.807) is 0 Å². The zero-order valence-electron chi connectivity index (χ0n) is 9.82. The Balaban J connectivity index is 1.85. The topological polar surface area (TPSA) is 45.2 Å². The van der Waals surface area contributed by atoms with E-state index in [0.29, 0.717) is 6.04 Å². The molecular weight excluding hydrogens is 200 g/mol. The van der Waals surface area contributed by atoms with Crippen LogP contribution in [0.2, 0.25) is 0 Å². The van der Waals surface area contributed by atoms with Gasteiger partial charge in [0.1, 0.15) is 0 Å². The van der Waals surface area contributed by atoms with Crippen molar-refractivity contribution in [2.75, 3.05) is 0 Å². The van der Waals surface area contributed by atoms with E-state index in [2.05, 4.69) is 17.2 Å². The Hall–Kier alpha value is -0.930. The van der Waals surface area contributed by atoms with Crippen molar-refractivity contribution in [2.45, 2.75) is 51.3 Å². The number of aromatic nitrogens is 1. The van der Waals surface area contributed by atoms with Gasteiger partial charge in [-0.1, -0.05) is 0 Å². The van der Waals surface area contributed by atoms with Gasteiger partial charge in [0.15, 0.2) is 0 Å². The monoisotopic (exact) mass is 220 g/mol. The summed E-state index contributed by atoms with van der Waals surface area (Å²) in [4.78, 5) is 4.13. The summed E-state index contributed by atoms with van der Waals surface area (Å²) in [5.74, 6) is 0. The maximum absolute atomic E-state index is 9.58. The van der Waals surface area contributed by atoms with Gasteiger partial charge in [0, 0.05) is 25.0 Å². The summed E-state index contributed by atoms with van der Waals surface area (Å²) in [6.45, 7) is 2.96. The summed E-state index contributed by atoms with van der Waals surface area (Å²) in [5, 5.41) is 13.1. The van der Waals surface area contributed by atoms with Crippen molar-refractivity contribution in [2.24, 2.45) is 0 Å². The fraction of sp³-hybridized carbons (Fsp3) is 0.615. The standard InChI is InChI=1S/C13H20N2O/c1-10-5-6-14-8-11(10)9-15-12-3-2-4-13(16)7-12/h5-6,8,12-13,15-16H,2-4,7,9H2,1H3. The highest BCUT2D eigenvalue weighted by Crippen LogP contribution is 2.18. The van der Waals surface area contributed by atoms with Gasteiger partial charge >= 0.3 is 0 Å². The largest absolute Gasteiger partial charge is 0.393 e. The SMILES string of the molecule is Cc1ccncc1CNC1CCCC(O)C1. The summed E-state index contributed by atoms with van der Waals surface area (Å²) in [7, 11) is 0. The van der Waals surface area contributed by atoms with Crippen molar-refractivity contribution >= 4 is 0 Å². The Morgan fingerprint density at radius 1 is 1.50 bits per heavy atom. The van der Waals surface area contributed by atoms with Crippen LogP contribution in [0.4, 0.5) is 0 Å². The molecule has 16 heavy (non-hydrogen) atoms. The van der Waals surface area contributed by atoms with Gasteiger partial charge in [-0.05, 0) is 49.8 Å². The summed E-state index contributed by atoms with van der Waals surface area (Å²) in [6.07, 6.45) is 7.79. The first-order valence-corrected chi connectivity index (χ1v) is 6.06. The molecule has 88 valence electrons. The molecule has 0 bridgehead atoms. The lowest BCUT2D eigenvalue weighted by atomic mass is 9.93. The minimum atomic E-state index is -0.110. The molecule has 0 saturated heterocycles. The van der Waals surface area contributed by atoms with Crippen LogP contribution >= 0.6 is 0 Å². The second-order valence-electron chi connectivity index (χ2n) is 4.70. The van der Waals surface area contributed by atoms with E-state index in [9.17, 15) is 5.11 Å². The number of aliphatic hydroxyl groups is 1. The second-order valence-corrected chi connectivity index (χ2v) is 4.70. The molecule has 2 unspecified atom stereocenters. The molecule has 0 aliphatic heterocycles. The minimum absolute atomic E-state index is 0.110. The third-order valence-electron chi connectivity index (χ3n) is 3.38. The molecule has 1 aliphatic rings. The lowest BCUT2D eigenvalue weighted by Gasteiger charge is -2.26. The second kappa shape index (κ2) is 5.41. The molecule has 1 saturated carbocycles. The number of nitrogens with zero attached hydrogens (tertiary/aromatic N) is 1. The lowest BCUT2D eigenvalue weighted by molar-refractivity contribution is 0.111. The number of pyridine rings is 1. The fourth-order valence-corrected chi connectivity index (χ4v) is 2.29. The van der Waals surface area contributed by atoms with Gasteiger partial charge in [0.2, 0.25) is 0 Å². The molecule has 2 rings (SSSR count). The number of aryl methyl sites for hydroxylation is 1. The molecule has 1 aliphatic carbocycles. The third kappa shape index (κ3) is 3.03. The summed E-state index contributed by atoms with van der Waals surface area (Å²) < 4.78 is 0. The number of hydrogen-bond donors (Lipinski definition) is 2. The Morgan fingerprint density at radius 3 is 3.12 bits per heavy atom. The minimum Gasteiger partial charge on any atom is -0.393 e. The van der Waals surface area contributed by atoms with Crippen molar-refractivity contribution in [3.63, 3.8) is 0 Å². The molecule has 3 heteroatoms. The average Bonchev–Trinajstić information content (AvgIpc) is 2.28. The van der Waals surface area contributed by atoms with Crippen LogP contribution in [-0.4, -0.2) is 22.2 Å². The van der Waals surface area contributed by atoms with Gasteiger partial charge in [-0.15, -0.1) is 0 Å². The molecule has 2 N–H and O–H groups in total. The summed E-state index contributed by atoms with van der Waals surface area (Å²) in [6, 6.07) is 2.50. The molecule has 1 fully saturated rings. The number of aliphatic hydroxyl groups excluding tert-OH is 1. The van der Waals surface area contributed by atoms with Crippen molar-refractivity contribution in [1.82, 2.24) is 10.3 Å². The van der Waals surface area contributed by atoms with Crippen LogP contribution in [-0.2, 0) is 6.54 Å². The molecule has 1 aromatic heterocycles. The van der Waals surface area contributed by atoms with Crippen LogP contribution in [0.5, 0.6) is 0 Å². The molecule has 0 amide bonds. The van der Waals surface area contributed by atoms with Crippen molar-refractivity contribution in [1.29, 1.82) is 0 Å². The van der Waals surface area contributed by atoms with Crippen LogP contribution in [0, 0.1) is 6.92 Å². The summed E-state index contributed by atoms with van der Waals surface area (Å²) in [5.41, 5.74) is 2.53. The molecule has 0 aromatic carbocycles. The zero-order valence-corrected chi connectivity index (χ0v) is 9.82. The number of rotatable bonds is 3. The highest BCUT2D eigenvalue weighted by atomic mass is 16.3. The van der Waals surface area contributed by atoms with Gasteiger partial charge in [-0.2, -0.15) is 0 Å². The average molecular weight is 220 g/mol. The van der Waals surface area contributed by atoms with Crippen molar-refractivity contribution in [3.8, 4) is 0 Å². The van der Waals surface area contributed by atoms with Crippen molar-refractivity contribution in [3.05, 3.63) is 29.6 Å². The van der Waals surface area contributed by atoms with E-state index in [-0.39, 0.29) is 6.10 Å². The van der Waals surface area contributed by atoms with Gasteiger partial charge in [0.25, 0.3) is 0 Å². The van der Waals surface area contributed by atoms with Crippen LogP contribution < -0.4 is 5.32 Å². The molecular formula is C13H20N2O. The van der Waals surface area contributed by atoms with E-state index in [4.69, 9.17) is 0 Å². The lowest BCUT2D eigenvalue weighted by Crippen LogP contribution is -2.35. The molecule has 0 spiro atoms. The number of nitrogens with one attached hydrogen (secondary N) is 1. The zero-order chi connectivity index (χ0) is 11.4. The highest BCUT2D eigenvalue weighted by molar-refractivity contribution is 5.21. The van der Waals surface area contributed by atoms with E-state index < -0.39 is 0 Å². The Morgan fingerprint density at radius 2 is 2.38 bits per heavy atom. The van der Waals surface area contributed by atoms with Gasteiger partial charge in [-0.3, -0.25) is 4.98 Å². The Labute approximate surface area is 96.9 Å². The van der Waals surface area contributed by atoms with Gasteiger partial charge in [-0.25, -0.2) is 0 Å². The van der Waals surface area contributed by atoms with Crippen molar-refractivity contribution < 1.29 is 5.11 Å². The van der Waals surface area contributed by atoms with Crippen LogP contribution in [0.25, 0.3) is 0 Å². The first-order valence-electron chi connectivity index (χ1n) is 6.06. The first kappa shape index (κ1) is 11.6. The molecule has 1 aromatic rings. The normalized spacial score (nSPS) is 25.6. The smallest absolute Gasteiger partial charge is 0.0555 e. The maximum atomic E-state index is 9.58. The predicted molar refractivity (Wildman–Crippen MR) is 64.1 cm³/mol. The predicted octanol–water partition coefficient (Wildman–Crippen LogP) is 1.78. The molecule has 0 radical (unpaired) electrons. The van der Waals surface area contributed by atoms with E-state index in [1.807, 2.05) is 18.5 Å². The van der Waals surface area contributed by atoms with E-state index in [0.717, 1.165) is 25.8 Å². The fourth-order valence-electron chi connectivity index (χ4n) is 2.29. The number of hydrogen-bond acceptors (Lipinski definition) is 3. The molecule has 2 atom stereocenters. The highest BCUT2D eigenvalue weighted by Gasteiger charge is 2.19. The van der Waals surface area contributed by atoms with E-state index in [1.165, 1.54) is 17.5 Å². The van der Waals surface area contributed by atoms with Crippen LogP contribution in [0.15, 0.2) is 18.5 Å². The maximum Gasteiger partial charge on any atom is 0.0555 e.